The fraction of sp³-hybridized carbons (Fsp3) is 0.632. The molecule has 134 valence electrons. The van der Waals surface area contributed by atoms with Crippen molar-refractivity contribution in [2.75, 3.05) is 6.61 Å². The number of aliphatic hydroxyl groups excluding tert-OH is 1. The molecular weight excluding hydrogens is 306 g/mol. The summed E-state index contributed by atoms with van der Waals surface area (Å²) in [6.07, 6.45) is -1.34. The highest BCUT2D eigenvalue weighted by atomic mass is 16.6. The van der Waals surface area contributed by atoms with E-state index in [1.165, 1.54) is 0 Å². The largest absolute Gasteiger partial charge is 0.444 e. The molecule has 1 aromatic carbocycles. The molecule has 0 aromatic heterocycles. The van der Waals surface area contributed by atoms with Gasteiger partial charge in [0.25, 0.3) is 0 Å². The SMILES string of the molecule is CC(C)[C@@H](NC(=O)OC(C)(C)C)[C@H](O)[C@@H]1COC1c1ccccc1. The molecule has 24 heavy (non-hydrogen) atoms. The second kappa shape index (κ2) is 7.53. The average molecular weight is 335 g/mol. The highest BCUT2D eigenvalue weighted by Gasteiger charge is 2.43. The normalized spacial score (nSPS) is 23.3. The number of benzene rings is 1. The third-order valence-electron chi connectivity index (χ3n) is 4.19. The van der Waals surface area contributed by atoms with E-state index in [0.717, 1.165) is 5.56 Å². The zero-order valence-electron chi connectivity index (χ0n) is 15.2. The molecule has 0 saturated carbocycles. The van der Waals surface area contributed by atoms with E-state index < -0.39 is 17.8 Å². The zero-order valence-corrected chi connectivity index (χ0v) is 15.2. The van der Waals surface area contributed by atoms with Gasteiger partial charge in [0.15, 0.2) is 0 Å². The smallest absolute Gasteiger partial charge is 0.407 e. The van der Waals surface area contributed by atoms with Gasteiger partial charge in [-0.15, -0.1) is 0 Å². The molecule has 0 aliphatic carbocycles. The fourth-order valence-electron chi connectivity index (χ4n) is 2.92. The van der Waals surface area contributed by atoms with E-state index in [1.54, 1.807) is 0 Å². The van der Waals surface area contributed by atoms with E-state index in [9.17, 15) is 9.90 Å². The summed E-state index contributed by atoms with van der Waals surface area (Å²) < 4.78 is 11.0. The number of nitrogens with one attached hydrogen (secondary N) is 1. The molecule has 0 radical (unpaired) electrons. The first-order valence-corrected chi connectivity index (χ1v) is 8.53. The van der Waals surface area contributed by atoms with Crippen LogP contribution in [0.4, 0.5) is 4.79 Å². The molecule has 5 nitrogen and oxygen atoms in total. The van der Waals surface area contributed by atoms with Crippen LogP contribution >= 0.6 is 0 Å². The average Bonchev–Trinajstić information content (AvgIpc) is 2.42. The van der Waals surface area contributed by atoms with Crippen molar-refractivity contribution in [2.24, 2.45) is 11.8 Å². The summed E-state index contributed by atoms with van der Waals surface area (Å²) in [5.41, 5.74) is 0.482. The summed E-state index contributed by atoms with van der Waals surface area (Å²) in [6.45, 7) is 9.89. The molecule has 1 saturated heterocycles. The molecule has 1 aromatic rings. The van der Waals surface area contributed by atoms with E-state index in [2.05, 4.69) is 5.32 Å². The number of rotatable bonds is 5. The summed E-state index contributed by atoms with van der Waals surface area (Å²) in [4.78, 5) is 12.1. The van der Waals surface area contributed by atoms with Crippen LogP contribution in [0, 0.1) is 11.8 Å². The number of carbonyl (C=O) groups excluding carboxylic acids is 1. The lowest BCUT2D eigenvalue weighted by molar-refractivity contribution is -0.169. The minimum Gasteiger partial charge on any atom is -0.444 e. The summed E-state index contributed by atoms with van der Waals surface area (Å²) in [6, 6.07) is 9.47. The van der Waals surface area contributed by atoms with Gasteiger partial charge in [-0.25, -0.2) is 4.79 Å². The van der Waals surface area contributed by atoms with E-state index in [1.807, 2.05) is 65.0 Å². The van der Waals surface area contributed by atoms with Crippen molar-refractivity contribution in [1.29, 1.82) is 0 Å². The maximum absolute atomic E-state index is 12.1. The van der Waals surface area contributed by atoms with Crippen molar-refractivity contribution in [3.8, 4) is 0 Å². The Balaban J connectivity index is 2.04. The lowest BCUT2D eigenvalue weighted by Crippen LogP contribution is -2.55. The first kappa shape index (κ1) is 18.7. The first-order valence-electron chi connectivity index (χ1n) is 8.53. The third kappa shape index (κ3) is 4.71. The minimum absolute atomic E-state index is 0.0465. The van der Waals surface area contributed by atoms with Crippen LogP contribution in [0.25, 0.3) is 0 Å². The van der Waals surface area contributed by atoms with Crippen LogP contribution in [0.15, 0.2) is 30.3 Å². The van der Waals surface area contributed by atoms with Gasteiger partial charge in [0.1, 0.15) is 5.60 Å². The molecule has 1 heterocycles. The number of alkyl carbamates (subject to hydrolysis) is 1. The zero-order chi connectivity index (χ0) is 17.9. The number of hydrogen-bond donors (Lipinski definition) is 2. The van der Waals surface area contributed by atoms with Crippen LogP contribution < -0.4 is 5.32 Å². The fourth-order valence-corrected chi connectivity index (χ4v) is 2.92. The van der Waals surface area contributed by atoms with Gasteiger partial charge in [-0.1, -0.05) is 44.2 Å². The van der Waals surface area contributed by atoms with E-state index in [-0.39, 0.29) is 24.0 Å². The lowest BCUT2D eigenvalue weighted by Gasteiger charge is -2.43. The highest BCUT2D eigenvalue weighted by molar-refractivity contribution is 5.68. The Morgan fingerprint density at radius 1 is 1.29 bits per heavy atom. The highest BCUT2D eigenvalue weighted by Crippen LogP contribution is 2.39. The second-order valence-corrected chi connectivity index (χ2v) is 7.74. The molecule has 1 fully saturated rings. The molecule has 1 aliphatic rings. The predicted molar refractivity (Wildman–Crippen MR) is 92.6 cm³/mol. The van der Waals surface area contributed by atoms with Crippen molar-refractivity contribution in [2.45, 2.75) is 58.5 Å². The Hall–Kier alpha value is -1.59. The standard InChI is InChI=1S/C19H29NO4/c1-12(2)15(20-18(22)24-19(3,4)5)16(21)14-11-23-17(14)13-9-7-6-8-10-13/h6-10,12,14-17,21H,11H2,1-5H3,(H,20,22)/t14-,15+,16+,17?/m0/s1. The molecule has 4 atom stereocenters. The number of aliphatic hydroxyl groups is 1. The molecule has 2 N–H and O–H groups in total. The van der Waals surface area contributed by atoms with Gasteiger partial charge in [-0.2, -0.15) is 0 Å². The van der Waals surface area contributed by atoms with Gasteiger partial charge < -0.3 is 19.9 Å². The van der Waals surface area contributed by atoms with Crippen LogP contribution in [0.1, 0.15) is 46.3 Å². The lowest BCUT2D eigenvalue weighted by atomic mass is 9.81. The van der Waals surface area contributed by atoms with Crippen LogP contribution in [0.2, 0.25) is 0 Å². The van der Waals surface area contributed by atoms with Gasteiger partial charge in [0, 0.05) is 5.92 Å². The van der Waals surface area contributed by atoms with Gasteiger partial charge in [0.2, 0.25) is 0 Å². The summed E-state index contributed by atoms with van der Waals surface area (Å²) in [7, 11) is 0. The molecule has 1 amide bonds. The van der Waals surface area contributed by atoms with Crippen LogP contribution in [-0.2, 0) is 9.47 Å². The summed E-state index contributed by atoms with van der Waals surface area (Å²) in [5, 5.41) is 13.7. The van der Waals surface area contributed by atoms with Crippen molar-refractivity contribution in [3.05, 3.63) is 35.9 Å². The predicted octanol–water partition coefficient (Wildman–Crippen LogP) is 3.28. The molecular formula is C19H29NO4. The first-order chi connectivity index (χ1) is 11.2. The number of hydrogen-bond acceptors (Lipinski definition) is 4. The molecule has 1 aliphatic heterocycles. The third-order valence-corrected chi connectivity index (χ3v) is 4.19. The molecule has 0 bridgehead atoms. The van der Waals surface area contributed by atoms with Crippen molar-refractivity contribution in [1.82, 2.24) is 5.32 Å². The summed E-state index contributed by atoms with van der Waals surface area (Å²) >= 11 is 0. The van der Waals surface area contributed by atoms with Crippen LogP contribution in [0.3, 0.4) is 0 Å². The Bertz CT molecular complexity index is 538. The Kier molecular flexibility index (Phi) is 5.88. The van der Waals surface area contributed by atoms with Gasteiger partial charge in [-0.05, 0) is 32.3 Å². The minimum atomic E-state index is -0.698. The van der Waals surface area contributed by atoms with Crippen molar-refractivity contribution in [3.63, 3.8) is 0 Å². The summed E-state index contributed by atoms with van der Waals surface area (Å²) in [5.74, 6) is 0.0271. The molecule has 0 spiro atoms. The number of ether oxygens (including phenoxy) is 2. The maximum atomic E-state index is 12.1. The Morgan fingerprint density at radius 3 is 2.38 bits per heavy atom. The van der Waals surface area contributed by atoms with Gasteiger partial charge in [-0.3, -0.25) is 0 Å². The number of amides is 1. The Morgan fingerprint density at radius 2 is 1.92 bits per heavy atom. The van der Waals surface area contributed by atoms with Crippen LogP contribution in [0.5, 0.6) is 0 Å². The maximum Gasteiger partial charge on any atom is 0.407 e. The Labute approximate surface area is 144 Å². The molecule has 5 heteroatoms. The molecule has 2 rings (SSSR count). The quantitative estimate of drug-likeness (QED) is 0.866. The van der Waals surface area contributed by atoms with E-state index in [0.29, 0.717) is 6.61 Å². The van der Waals surface area contributed by atoms with Crippen molar-refractivity contribution >= 4 is 6.09 Å². The molecule has 1 unspecified atom stereocenters. The topological polar surface area (TPSA) is 67.8 Å². The van der Waals surface area contributed by atoms with E-state index in [4.69, 9.17) is 9.47 Å². The van der Waals surface area contributed by atoms with Crippen molar-refractivity contribution < 1.29 is 19.4 Å². The van der Waals surface area contributed by atoms with Gasteiger partial charge in [0.05, 0.1) is 24.9 Å². The van der Waals surface area contributed by atoms with Gasteiger partial charge >= 0.3 is 6.09 Å². The second-order valence-electron chi connectivity index (χ2n) is 7.74. The van der Waals surface area contributed by atoms with Crippen LogP contribution in [-0.4, -0.2) is 35.6 Å². The monoisotopic (exact) mass is 335 g/mol. The van der Waals surface area contributed by atoms with E-state index >= 15 is 0 Å². The number of carbonyl (C=O) groups is 1.